The van der Waals surface area contributed by atoms with E-state index < -0.39 is 0 Å². The summed E-state index contributed by atoms with van der Waals surface area (Å²) in [6.07, 6.45) is 6.83. The fourth-order valence-corrected chi connectivity index (χ4v) is 4.14. The molecule has 1 heteroatoms. The third-order valence-corrected chi connectivity index (χ3v) is 4.84. The zero-order valence-electron chi connectivity index (χ0n) is 10.1. The molecule has 1 aliphatic carbocycles. The lowest BCUT2D eigenvalue weighted by Crippen LogP contribution is -2.35. The van der Waals surface area contributed by atoms with Gasteiger partial charge in [0, 0.05) is 18.8 Å². The largest absolute Gasteiger partial charge is 0.371 e. The fourth-order valence-electron chi connectivity index (χ4n) is 4.14. The topological polar surface area (TPSA) is 3.24 Å². The van der Waals surface area contributed by atoms with E-state index in [9.17, 15) is 0 Å². The van der Waals surface area contributed by atoms with Crippen molar-refractivity contribution >= 4 is 5.69 Å². The third-order valence-electron chi connectivity index (χ3n) is 4.84. The van der Waals surface area contributed by atoms with Crippen LogP contribution in [-0.2, 0) is 12.8 Å². The van der Waals surface area contributed by atoms with Crippen molar-refractivity contribution in [1.29, 1.82) is 0 Å². The second kappa shape index (κ2) is 3.03. The second-order valence-corrected chi connectivity index (χ2v) is 5.71. The highest BCUT2D eigenvalue weighted by atomic mass is 15.1. The van der Waals surface area contributed by atoms with Crippen LogP contribution in [-0.4, -0.2) is 13.1 Å². The summed E-state index contributed by atoms with van der Waals surface area (Å²) in [6, 6.07) is 2.48. The van der Waals surface area contributed by atoms with E-state index in [1.807, 2.05) is 0 Å². The van der Waals surface area contributed by atoms with Crippen LogP contribution < -0.4 is 4.90 Å². The van der Waals surface area contributed by atoms with Crippen LogP contribution in [0.2, 0.25) is 0 Å². The quantitative estimate of drug-likeness (QED) is 0.640. The Morgan fingerprint density at radius 2 is 2.12 bits per heavy atom. The molecule has 0 N–H and O–H groups in total. The molecule has 4 rings (SSSR count). The smallest absolute Gasteiger partial charge is 0.0437 e. The van der Waals surface area contributed by atoms with Crippen molar-refractivity contribution in [3.05, 3.63) is 28.3 Å². The number of anilines is 1. The average molecular weight is 213 g/mol. The molecule has 1 aromatic rings. The molecule has 0 fully saturated rings. The maximum atomic E-state index is 2.67. The van der Waals surface area contributed by atoms with Gasteiger partial charge in [-0.15, -0.1) is 0 Å². The van der Waals surface area contributed by atoms with Crippen LogP contribution in [0.25, 0.3) is 0 Å². The average Bonchev–Trinajstić information content (AvgIpc) is 2.73. The minimum Gasteiger partial charge on any atom is -0.371 e. The van der Waals surface area contributed by atoms with Crippen LogP contribution in [0.3, 0.4) is 0 Å². The monoisotopic (exact) mass is 213 g/mol. The van der Waals surface area contributed by atoms with Crippen molar-refractivity contribution in [3.8, 4) is 0 Å². The Labute approximate surface area is 97.5 Å². The molecule has 0 radical (unpaired) electrons. The predicted molar refractivity (Wildman–Crippen MR) is 67.4 cm³/mol. The lowest BCUT2D eigenvalue weighted by atomic mass is 9.85. The van der Waals surface area contributed by atoms with Crippen LogP contribution in [0.4, 0.5) is 5.69 Å². The summed E-state index contributed by atoms with van der Waals surface area (Å²) < 4.78 is 0. The van der Waals surface area contributed by atoms with Gasteiger partial charge in [-0.3, -0.25) is 0 Å². The van der Waals surface area contributed by atoms with Gasteiger partial charge < -0.3 is 4.90 Å². The van der Waals surface area contributed by atoms with Crippen molar-refractivity contribution in [2.45, 2.75) is 44.9 Å². The predicted octanol–water partition coefficient (Wildman–Crippen LogP) is 3.18. The summed E-state index contributed by atoms with van der Waals surface area (Å²) in [6.45, 7) is 4.93. The minimum absolute atomic E-state index is 0.901. The van der Waals surface area contributed by atoms with E-state index in [4.69, 9.17) is 0 Å². The van der Waals surface area contributed by atoms with Crippen LogP contribution in [0, 0.1) is 6.92 Å². The number of hydrogen-bond donors (Lipinski definition) is 0. The SMILES string of the molecule is Cc1cc2c3c4c1CCC4CCN3CCC2. The van der Waals surface area contributed by atoms with Gasteiger partial charge in [0.2, 0.25) is 0 Å². The molecule has 0 saturated heterocycles. The molecule has 0 amide bonds. The van der Waals surface area contributed by atoms with Gasteiger partial charge >= 0.3 is 0 Å². The molecule has 16 heavy (non-hydrogen) atoms. The molecule has 1 atom stereocenters. The Bertz CT molecular complexity index is 461. The summed E-state index contributed by atoms with van der Waals surface area (Å²) in [5.74, 6) is 0.901. The maximum Gasteiger partial charge on any atom is 0.0437 e. The first-order valence-electron chi connectivity index (χ1n) is 6.75. The maximum absolute atomic E-state index is 2.67. The minimum atomic E-state index is 0.901. The van der Waals surface area contributed by atoms with E-state index >= 15 is 0 Å². The standard InChI is InChI=1S/C15H19N/c1-10-9-12-3-2-7-16-8-6-11-4-5-13(10)14(11)15(12)16/h9,11H,2-8H2,1H3. The highest BCUT2D eigenvalue weighted by Gasteiger charge is 2.35. The van der Waals surface area contributed by atoms with E-state index in [-0.39, 0.29) is 0 Å². The molecule has 1 unspecified atom stereocenters. The van der Waals surface area contributed by atoms with Crippen LogP contribution in [0.1, 0.15) is 47.4 Å². The highest BCUT2D eigenvalue weighted by Crippen LogP contribution is 2.49. The second-order valence-electron chi connectivity index (χ2n) is 5.71. The summed E-state index contributed by atoms with van der Waals surface area (Å²) in [4.78, 5) is 2.67. The molecule has 2 aliphatic heterocycles. The first-order valence-corrected chi connectivity index (χ1v) is 6.75. The normalized spacial score (nSPS) is 25.8. The van der Waals surface area contributed by atoms with Crippen LogP contribution >= 0.6 is 0 Å². The molecule has 0 spiro atoms. The van der Waals surface area contributed by atoms with Crippen LogP contribution in [0.5, 0.6) is 0 Å². The Hall–Kier alpha value is -0.980. The van der Waals surface area contributed by atoms with E-state index in [0.29, 0.717) is 0 Å². The van der Waals surface area contributed by atoms with Crippen molar-refractivity contribution in [3.63, 3.8) is 0 Å². The van der Waals surface area contributed by atoms with Gasteiger partial charge in [0.05, 0.1) is 0 Å². The van der Waals surface area contributed by atoms with Crippen molar-refractivity contribution < 1.29 is 0 Å². The molecule has 1 aromatic carbocycles. The molecule has 0 aromatic heterocycles. The Kier molecular flexibility index (Phi) is 1.72. The molecule has 2 heterocycles. The highest BCUT2D eigenvalue weighted by molar-refractivity contribution is 5.69. The molecule has 3 aliphatic rings. The summed E-state index contributed by atoms with van der Waals surface area (Å²) in [5, 5.41) is 0. The first-order chi connectivity index (χ1) is 7.84. The molecule has 1 nitrogen and oxygen atoms in total. The van der Waals surface area contributed by atoms with Crippen LogP contribution in [0.15, 0.2) is 6.07 Å². The van der Waals surface area contributed by atoms with Gasteiger partial charge in [-0.1, -0.05) is 6.07 Å². The number of benzene rings is 1. The third kappa shape index (κ3) is 1.02. The summed E-state index contributed by atoms with van der Waals surface area (Å²) >= 11 is 0. The van der Waals surface area contributed by atoms with Crippen molar-refractivity contribution in [2.75, 3.05) is 18.0 Å². The van der Waals surface area contributed by atoms with Gasteiger partial charge in [-0.2, -0.15) is 0 Å². The van der Waals surface area contributed by atoms with Gasteiger partial charge in [-0.25, -0.2) is 0 Å². The van der Waals surface area contributed by atoms with Gasteiger partial charge in [0.25, 0.3) is 0 Å². The summed E-state index contributed by atoms with van der Waals surface area (Å²) in [7, 11) is 0. The van der Waals surface area contributed by atoms with Crippen molar-refractivity contribution in [1.82, 2.24) is 0 Å². The van der Waals surface area contributed by atoms with Gasteiger partial charge in [0.15, 0.2) is 0 Å². The number of nitrogens with zero attached hydrogens (tertiary/aromatic N) is 1. The number of rotatable bonds is 0. The van der Waals surface area contributed by atoms with E-state index in [0.717, 1.165) is 5.92 Å². The van der Waals surface area contributed by atoms with Crippen molar-refractivity contribution in [2.24, 2.45) is 0 Å². The zero-order valence-corrected chi connectivity index (χ0v) is 10.1. The number of hydrogen-bond acceptors (Lipinski definition) is 1. The molecule has 84 valence electrons. The zero-order chi connectivity index (χ0) is 10.7. The molecule has 0 saturated carbocycles. The van der Waals surface area contributed by atoms with E-state index in [1.165, 1.54) is 45.2 Å². The lowest BCUT2D eigenvalue weighted by molar-refractivity contribution is 0.555. The molecular formula is C15H19N. The van der Waals surface area contributed by atoms with Gasteiger partial charge in [0.1, 0.15) is 0 Å². The first kappa shape index (κ1) is 9.09. The van der Waals surface area contributed by atoms with E-state index in [1.54, 1.807) is 27.9 Å². The fraction of sp³-hybridized carbons (Fsp3) is 0.600. The van der Waals surface area contributed by atoms with Gasteiger partial charge in [-0.05, 0) is 67.2 Å². The number of aryl methyl sites for hydroxylation is 2. The Morgan fingerprint density at radius 1 is 1.19 bits per heavy atom. The Balaban J connectivity index is 2.04. The van der Waals surface area contributed by atoms with E-state index in [2.05, 4.69) is 17.9 Å². The lowest BCUT2D eigenvalue weighted by Gasteiger charge is -2.39. The molecule has 0 bridgehead atoms. The Morgan fingerprint density at radius 3 is 3.06 bits per heavy atom. The molecular weight excluding hydrogens is 194 g/mol. The summed E-state index contributed by atoms with van der Waals surface area (Å²) in [5.41, 5.74) is 8.35.